The third-order valence-electron chi connectivity index (χ3n) is 3.78. The fraction of sp³-hybridized carbons (Fsp3) is 0.632. The Morgan fingerprint density at radius 2 is 1.68 bits per heavy atom. The van der Waals surface area contributed by atoms with E-state index in [9.17, 15) is 13.2 Å². The Balaban J connectivity index is 3.03. The Bertz CT molecular complexity index is 704. The van der Waals surface area contributed by atoms with Gasteiger partial charge >= 0.3 is 0 Å². The van der Waals surface area contributed by atoms with Crippen molar-refractivity contribution < 1.29 is 13.2 Å². The summed E-state index contributed by atoms with van der Waals surface area (Å²) in [7, 11) is -3.56. The maximum atomic E-state index is 12.6. The van der Waals surface area contributed by atoms with Crippen LogP contribution in [0.2, 0.25) is 0 Å². The van der Waals surface area contributed by atoms with Crippen molar-refractivity contribution >= 4 is 21.6 Å². The van der Waals surface area contributed by atoms with Crippen molar-refractivity contribution in [3.8, 4) is 0 Å². The van der Waals surface area contributed by atoms with E-state index >= 15 is 0 Å². The molecular weight excluding hydrogens is 336 g/mol. The van der Waals surface area contributed by atoms with Crippen molar-refractivity contribution in [2.75, 3.05) is 17.1 Å². The zero-order valence-corrected chi connectivity index (χ0v) is 17.3. The minimum atomic E-state index is -3.56. The van der Waals surface area contributed by atoms with Crippen LogP contribution in [0.3, 0.4) is 0 Å². The van der Waals surface area contributed by atoms with Gasteiger partial charge in [0, 0.05) is 5.54 Å². The molecule has 6 heteroatoms. The molecule has 1 aromatic carbocycles. The molecule has 0 saturated carbocycles. The second-order valence-corrected chi connectivity index (χ2v) is 10.3. The fourth-order valence-electron chi connectivity index (χ4n) is 3.35. The van der Waals surface area contributed by atoms with Crippen molar-refractivity contribution in [1.29, 1.82) is 0 Å². The van der Waals surface area contributed by atoms with Crippen LogP contribution in [-0.4, -0.2) is 32.7 Å². The molecule has 0 saturated heterocycles. The van der Waals surface area contributed by atoms with Crippen LogP contribution in [0.25, 0.3) is 0 Å². The fourth-order valence-corrected chi connectivity index (χ4v) is 4.24. The van der Waals surface area contributed by atoms with Gasteiger partial charge in [-0.25, -0.2) is 8.42 Å². The van der Waals surface area contributed by atoms with E-state index < -0.39 is 15.6 Å². The van der Waals surface area contributed by atoms with Crippen molar-refractivity contribution in [2.45, 2.75) is 59.9 Å². The summed E-state index contributed by atoms with van der Waals surface area (Å²) >= 11 is 0. The zero-order valence-electron chi connectivity index (χ0n) is 16.5. The van der Waals surface area contributed by atoms with Crippen LogP contribution in [0.1, 0.15) is 53.5 Å². The van der Waals surface area contributed by atoms with Gasteiger partial charge in [0.15, 0.2) is 0 Å². The number of hydrogen-bond donors (Lipinski definition) is 1. The molecule has 0 aliphatic heterocycles. The number of benzene rings is 1. The number of carbonyl (C=O) groups excluding carboxylic acids is 1. The molecule has 0 heterocycles. The van der Waals surface area contributed by atoms with Crippen LogP contribution in [0.5, 0.6) is 0 Å². The summed E-state index contributed by atoms with van der Waals surface area (Å²) in [4.78, 5) is 12.6. The summed E-state index contributed by atoms with van der Waals surface area (Å²) in [5.41, 5.74) is 1.11. The van der Waals surface area contributed by atoms with Gasteiger partial charge in [-0.2, -0.15) is 0 Å². The van der Waals surface area contributed by atoms with E-state index in [1.54, 1.807) is 12.1 Å². The molecule has 0 radical (unpaired) electrons. The van der Waals surface area contributed by atoms with Crippen molar-refractivity contribution in [2.24, 2.45) is 5.41 Å². The van der Waals surface area contributed by atoms with Crippen LogP contribution in [0.4, 0.5) is 5.69 Å². The minimum Gasteiger partial charge on any atom is -0.350 e. The lowest BCUT2D eigenvalue weighted by Crippen LogP contribution is -2.50. The molecular formula is C19H32N2O3S. The molecule has 1 N–H and O–H groups in total. The van der Waals surface area contributed by atoms with E-state index in [0.29, 0.717) is 12.1 Å². The highest BCUT2D eigenvalue weighted by Gasteiger charge is 2.29. The van der Waals surface area contributed by atoms with Crippen LogP contribution in [0, 0.1) is 5.41 Å². The predicted molar refractivity (Wildman–Crippen MR) is 104 cm³/mol. The monoisotopic (exact) mass is 368 g/mol. The van der Waals surface area contributed by atoms with Crippen LogP contribution in [0.15, 0.2) is 24.3 Å². The van der Waals surface area contributed by atoms with E-state index in [1.807, 2.05) is 32.9 Å². The molecule has 0 aliphatic rings. The number of hydrogen-bond acceptors (Lipinski definition) is 3. The molecule has 0 atom stereocenters. The Morgan fingerprint density at radius 3 is 2.16 bits per heavy atom. The molecule has 0 spiro atoms. The molecule has 0 aliphatic carbocycles. The highest BCUT2D eigenvalue weighted by atomic mass is 32.2. The van der Waals surface area contributed by atoms with Gasteiger partial charge in [0.2, 0.25) is 15.9 Å². The van der Waals surface area contributed by atoms with Crippen molar-refractivity contribution in [1.82, 2.24) is 5.32 Å². The molecule has 1 rings (SSSR count). The molecule has 0 fully saturated rings. The van der Waals surface area contributed by atoms with Gasteiger partial charge in [0.25, 0.3) is 0 Å². The maximum absolute atomic E-state index is 12.6. The summed E-state index contributed by atoms with van der Waals surface area (Å²) in [6, 6.07) is 7.28. The van der Waals surface area contributed by atoms with Gasteiger partial charge in [-0.3, -0.25) is 9.10 Å². The van der Waals surface area contributed by atoms with Gasteiger partial charge in [0.05, 0.1) is 11.9 Å². The highest BCUT2D eigenvalue weighted by Crippen LogP contribution is 2.27. The predicted octanol–water partition coefficient (Wildman–Crippen LogP) is 3.35. The first-order chi connectivity index (χ1) is 11.2. The van der Waals surface area contributed by atoms with Crippen molar-refractivity contribution in [3.63, 3.8) is 0 Å². The number of para-hydroxylation sites is 1. The molecule has 142 valence electrons. The molecule has 0 bridgehead atoms. The topological polar surface area (TPSA) is 66.5 Å². The van der Waals surface area contributed by atoms with Gasteiger partial charge in [0.1, 0.15) is 6.54 Å². The standard InChI is InChI=1S/C19H32N2O3S/c1-8-15-11-9-10-12-16(15)21(25(7,23)24)13-17(22)20-19(5,6)14-18(2,3)4/h9-12H,8,13-14H2,1-7H3,(H,20,22). The summed E-state index contributed by atoms with van der Waals surface area (Å²) < 4.78 is 25.7. The first-order valence-electron chi connectivity index (χ1n) is 8.62. The van der Waals surface area contributed by atoms with Gasteiger partial charge < -0.3 is 5.32 Å². The quantitative estimate of drug-likeness (QED) is 0.802. The van der Waals surface area contributed by atoms with E-state index in [-0.39, 0.29) is 17.9 Å². The number of rotatable bonds is 7. The van der Waals surface area contributed by atoms with E-state index in [0.717, 1.165) is 18.2 Å². The highest BCUT2D eigenvalue weighted by molar-refractivity contribution is 7.92. The smallest absolute Gasteiger partial charge is 0.241 e. The first kappa shape index (κ1) is 21.5. The molecule has 25 heavy (non-hydrogen) atoms. The lowest BCUT2D eigenvalue weighted by atomic mass is 9.82. The Hall–Kier alpha value is -1.56. The molecule has 1 aromatic rings. The minimum absolute atomic E-state index is 0.0576. The average Bonchev–Trinajstić information content (AvgIpc) is 2.40. The maximum Gasteiger partial charge on any atom is 0.241 e. The van der Waals surface area contributed by atoms with Gasteiger partial charge in [-0.15, -0.1) is 0 Å². The summed E-state index contributed by atoms with van der Waals surface area (Å²) in [5.74, 6) is -0.300. The number of nitrogens with zero attached hydrogens (tertiary/aromatic N) is 1. The first-order valence-corrected chi connectivity index (χ1v) is 10.5. The molecule has 0 aromatic heterocycles. The number of amides is 1. The summed E-state index contributed by atoms with van der Waals surface area (Å²) in [6.07, 6.45) is 2.61. The second-order valence-electron chi connectivity index (χ2n) is 8.42. The number of aryl methyl sites for hydroxylation is 1. The lowest BCUT2D eigenvalue weighted by Gasteiger charge is -2.34. The second kappa shape index (κ2) is 7.77. The average molecular weight is 369 g/mol. The van der Waals surface area contributed by atoms with E-state index in [4.69, 9.17) is 0 Å². The normalized spacial score (nSPS) is 12.8. The number of sulfonamides is 1. The van der Waals surface area contributed by atoms with Gasteiger partial charge in [-0.1, -0.05) is 45.9 Å². The Morgan fingerprint density at radius 1 is 1.12 bits per heavy atom. The Kier molecular flexibility index (Phi) is 6.68. The third kappa shape index (κ3) is 7.06. The van der Waals surface area contributed by atoms with Crippen molar-refractivity contribution in [3.05, 3.63) is 29.8 Å². The van der Waals surface area contributed by atoms with E-state index in [2.05, 4.69) is 26.1 Å². The van der Waals surface area contributed by atoms with Crippen LogP contribution in [-0.2, 0) is 21.2 Å². The van der Waals surface area contributed by atoms with Crippen LogP contribution >= 0.6 is 0 Å². The van der Waals surface area contributed by atoms with E-state index in [1.165, 1.54) is 4.31 Å². The number of carbonyl (C=O) groups is 1. The molecule has 1 amide bonds. The largest absolute Gasteiger partial charge is 0.350 e. The Labute approximate surface area is 152 Å². The third-order valence-corrected chi connectivity index (χ3v) is 4.91. The molecule has 5 nitrogen and oxygen atoms in total. The SMILES string of the molecule is CCc1ccccc1N(CC(=O)NC(C)(C)CC(C)(C)C)S(C)(=O)=O. The molecule has 0 unspecified atom stereocenters. The van der Waals surface area contributed by atoms with Crippen LogP contribution < -0.4 is 9.62 Å². The summed E-state index contributed by atoms with van der Waals surface area (Å²) in [5, 5.41) is 2.98. The lowest BCUT2D eigenvalue weighted by molar-refractivity contribution is -0.121. The summed E-state index contributed by atoms with van der Waals surface area (Å²) in [6.45, 7) is 12.0. The number of nitrogens with one attached hydrogen (secondary N) is 1. The number of anilines is 1. The zero-order chi connectivity index (χ0) is 19.5. The van der Waals surface area contributed by atoms with Gasteiger partial charge in [-0.05, 0) is 43.7 Å².